The molecule has 7 atom stereocenters. The summed E-state index contributed by atoms with van der Waals surface area (Å²) in [6.45, 7) is 9.89. The van der Waals surface area contributed by atoms with E-state index in [1.807, 2.05) is 54.6 Å². The summed E-state index contributed by atoms with van der Waals surface area (Å²) >= 11 is 0. The Morgan fingerprint density at radius 1 is 1.12 bits per heavy atom. The van der Waals surface area contributed by atoms with Crippen LogP contribution in [0, 0.1) is 11.8 Å². The van der Waals surface area contributed by atoms with Crippen LogP contribution in [0.15, 0.2) is 79.9 Å². The standard InChI is InChI=1S/C39H48N6O7/c1-4-6-19-31(47)40-26(3)34(27-15-9-7-10-16-27)51-38(50)32-30-20-21-39(52-30)33(32)36(48)44(23-13-8-14-24-46)35(39)37(49)43(22-5-2)25-45-29-18-12-11-17-28(29)41-42-45/h4-5,7,9-12,15-18,26,30,32-35,46H,1-2,6,8,13-14,19-25H2,3H3,(H,40,47)/t26-,30-,32+,33+,34-,35-,39+/m1/s1. The lowest BCUT2D eigenvalue weighted by molar-refractivity contribution is -0.162. The second kappa shape index (κ2) is 16.2. The van der Waals surface area contributed by atoms with Gasteiger partial charge < -0.3 is 29.7 Å². The molecule has 2 bridgehead atoms. The zero-order valence-corrected chi connectivity index (χ0v) is 29.6. The third-order valence-corrected chi connectivity index (χ3v) is 10.5. The number of nitrogens with zero attached hydrogens (tertiary/aromatic N) is 5. The van der Waals surface area contributed by atoms with E-state index in [1.165, 1.54) is 0 Å². The number of unbranched alkanes of at least 4 members (excludes halogenated alkanes) is 2. The normalized spacial score (nSPS) is 24.3. The highest BCUT2D eigenvalue weighted by molar-refractivity contribution is 5.98. The number of nitrogens with one attached hydrogen (secondary N) is 1. The van der Waals surface area contributed by atoms with Gasteiger partial charge in [-0.15, -0.1) is 18.3 Å². The van der Waals surface area contributed by atoms with Gasteiger partial charge in [0.1, 0.15) is 29.9 Å². The first-order valence-corrected chi connectivity index (χ1v) is 18.2. The highest BCUT2D eigenvalue weighted by Gasteiger charge is 2.75. The number of carbonyl (C=O) groups is 4. The van der Waals surface area contributed by atoms with Crippen molar-refractivity contribution in [3.05, 3.63) is 85.5 Å². The summed E-state index contributed by atoms with van der Waals surface area (Å²) in [4.78, 5) is 59.6. The van der Waals surface area contributed by atoms with Gasteiger partial charge in [-0.05, 0) is 63.1 Å². The van der Waals surface area contributed by atoms with E-state index >= 15 is 0 Å². The number of allylic oxidation sites excluding steroid dienone is 1. The lowest BCUT2D eigenvalue weighted by Gasteiger charge is -2.36. The van der Waals surface area contributed by atoms with Crippen molar-refractivity contribution in [3.63, 3.8) is 0 Å². The van der Waals surface area contributed by atoms with Gasteiger partial charge in [-0.2, -0.15) is 0 Å². The van der Waals surface area contributed by atoms with Crippen LogP contribution in [0.3, 0.4) is 0 Å². The number of carbonyl (C=O) groups excluding carboxylic acids is 4. The second-order valence-corrected chi connectivity index (χ2v) is 13.9. The smallest absolute Gasteiger partial charge is 0.313 e. The van der Waals surface area contributed by atoms with Crippen LogP contribution in [0.1, 0.15) is 63.5 Å². The molecule has 0 aliphatic carbocycles. The van der Waals surface area contributed by atoms with Crippen molar-refractivity contribution in [3.8, 4) is 0 Å². The van der Waals surface area contributed by atoms with Crippen LogP contribution in [0.2, 0.25) is 0 Å². The van der Waals surface area contributed by atoms with Gasteiger partial charge >= 0.3 is 5.97 Å². The van der Waals surface area contributed by atoms with E-state index in [0.717, 1.165) is 5.52 Å². The molecule has 1 spiro atoms. The maximum absolute atomic E-state index is 14.8. The second-order valence-electron chi connectivity index (χ2n) is 13.9. The molecule has 6 rings (SSSR count). The predicted molar refractivity (Wildman–Crippen MR) is 192 cm³/mol. The van der Waals surface area contributed by atoms with Gasteiger partial charge in [0.2, 0.25) is 17.7 Å². The molecule has 3 aromatic rings. The minimum absolute atomic E-state index is 0.0241. The Morgan fingerprint density at radius 3 is 2.63 bits per heavy atom. The van der Waals surface area contributed by atoms with E-state index in [9.17, 15) is 24.3 Å². The molecule has 3 fully saturated rings. The summed E-state index contributed by atoms with van der Waals surface area (Å²) in [5.74, 6) is -3.32. The minimum atomic E-state index is -1.24. The van der Waals surface area contributed by atoms with Crippen molar-refractivity contribution in [2.75, 3.05) is 19.7 Å². The van der Waals surface area contributed by atoms with Gasteiger partial charge in [0, 0.05) is 26.1 Å². The largest absolute Gasteiger partial charge is 0.455 e. The summed E-state index contributed by atoms with van der Waals surface area (Å²) in [6.07, 6.45) is 5.29. The number of aromatic nitrogens is 3. The number of hydrogen-bond acceptors (Lipinski definition) is 9. The maximum Gasteiger partial charge on any atom is 0.313 e. The molecule has 276 valence electrons. The fourth-order valence-electron chi connectivity index (χ4n) is 8.18. The lowest BCUT2D eigenvalue weighted by Crippen LogP contribution is -2.56. The van der Waals surface area contributed by atoms with Crippen molar-refractivity contribution in [2.24, 2.45) is 11.8 Å². The number of likely N-dealkylation sites (tertiary alicyclic amines) is 1. The van der Waals surface area contributed by atoms with Crippen molar-refractivity contribution >= 4 is 34.7 Å². The van der Waals surface area contributed by atoms with E-state index in [2.05, 4.69) is 28.8 Å². The Kier molecular flexibility index (Phi) is 11.5. The monoisotopic (exact) mass is 712 g/mol. The van der Waals surface area contributed by atoms with Crippen LogP contribution < -0.4 is 5.32 Å². The van der Waals surface area contributed by atoms with Gasteiger partial charge in [-0.25, -0.2) is 4.68 Å². The van der Waals surface area contributed by atoms with E-state index in [0.29, 0.717) is 49.6 Å². The zero-order chi connectivity index (χ0) is 36.8. The average molecular weight is 713 g/mol. The van der Waals surface area contributed by atoms with Crippen LogP contribution in [0.4, 0.5) is 0 Å². The molecule has 0 unspecified atom stereocenters. The van der Waals surface area contributed by atoms with Crippen molar-refractivity contribution in [1.29, 1.82) is 0 Å². The molecule has 3 amide bonds. The van der Waals surface area contributed by atoms with E-state index in [1.54, 1.807) is 33.6 Å². The molecule has 0 saturated carbocycles. The summed E-state index contributed by atoms with van der Waals surface area (Å²) in [7, 11) is 0. The van der Waals surface area contributed by atoms with Crippen LogP contribution in [-0.2, 0) is 35.3 Å². The van der Waals surface area contributed by atoms with Crippen molar-refractivity contribution < 1.29 is 33.8 Å². The first kappa shape index (κ1) is 36.9. The molecule has 2 aromatic carbocycles. The molecule has 52 heavy (non-hydrogen) atoms. The van der Waals surface area contributed by atoms with Gasteiger partial charge in [-0.3, -0.25) is 19.2 Å². The number of para-hydroxylation sites is 1. The molecule has 3 saturated heterocycles. The third-order valence-electron chi connectivity index (χ3n) is 10.5. The summed E-state index contributed by atoms with van der Waals surface area (Å²) in [5, 5.41) is 20.9. The Balaban J connectivity index is 1.30. The Hall–Kier alpha value is -4.88. The van der Waals surface area contributed by atoms with Crippen molar-refractivity contribution in [2.45, 2.75) is 88.4 Å². The molecule has 13 heteroatoms. The topological polar surface area (TPSA) is 156 Å². The quantitative estimate of drug-likeness (QED) is 0.114. The molecule has 0 radical (unpaired) electrons. The predicted octanol–water partition coefficient (Wildman–Crippen LogP) is 3.70. The minimum Gasteiger partial charge on any atom is -0.455 e. The maximum atomic E-state index is 14.8. The van der Waals surface area contributed by atoms with Crippen LogP contribution in [0.5, 0.6) is 0 Å². The number of hydrogen-bond donors (Lipinski definition) is 2. The lowest BCUT2D eigenvalue weighted by atomic mass is 9.70. The number of amides is 3. The van der Waals surface area contributed by atoms with Crippen LogP contribution >= 0.6 is 0 Å². The van der Waals surface area contributed by atoms with Gasteiger partial charge in [0.05, 0.1) is 29.5 Å². The van der Waals surface area contributed by atoms with Gasteiger partial charge in [-0.1, -0.05) is 59.8 Å². The van der Waals surface area contributed by atoms with E-state index in [4.69, 9.17) is 9.47 Å². The number of aliphatic hydroxyl groups excluding tert-OH is 1. The third kappa shape index (κ3) is 7.11. The Bertz CT molecular complexity index is 1780. The number of rotatable bonds is 18. The average Bonchev–Trinajstić information content (AvgIpc) is 3.91. The van der Waals surface area contributed by atoms with Crippen molar-refractivity contribution in [1.82, 2.24) is 30.1 Å². The molecule has 1 aromatic heterocycles. The Morgan fingerprint density at radius 2 is 1.88 bits per heavy atom. The molecule has 2 N–H and O–H groups in total. The molecule has 3 aliphatic rings. The van der Waals surface area contributed by atoms with Gasteiger partial charge in [0.25, 0.3) is 0 Å². The first-order chi connectivity index (χ1) is 25.2. The van der Waals surface area contributed by atoms with E-state index < -0.39 is 47.7 Å². The molecule has 4 heterocycles. The summed E-state index contributed by atoms with van der Waals surface area (Å²) in [6, 6.07) is 15.1. The summed E-state index contributed by atoms with van der Waals surface area (Å²) in [5.41, 5.74) is 0.898. The summed E-state index contributed by atoms with van der Waals surface area (Å²) < 4.78 is 14.6. The number of ether oxygens (including phenoxy) is 2. The fraction of sp³-hybridized carbons (Fsp3) is 0.487. The fourth-order valence-corrected chi connectivity index (χ4v) is 8.18. The first-order valence-electron chi connectivity index (χ1n) is 18.2. The molecular formula is C39H48N6O7. The van der Waals surface area contributed by atoms with Gasteiger partial charge in [0.15, 0.2) is 0 Å². The number of fused-ring (bicyclic) bond motifs is 2. The van der Waals surface area contributed by atoms with Crippen LogP contribution in [-0.4, -0.2) is 97.1 Å². The Labute approximate surface area is 303 Å². The number of aliphatic hydroxyl groups is 1. The number of esters is 1. The highest BCUT2D eigenvalue weighted by Crippen LogP contribution is 2.59. The number of benzene rings is 2. The van der Waals surface area contributed by atoms with E-state index in [-0.39, 0.29) is 50.5 Å². The molecular weight excluding hydrogens is 664 g/mol. The molecule has 13 nitrogen and oxygen atoms in total. The zero-order valence-electron chi connectivity index (χ0n) is 29.6. The van der Waals surface area contributed by atoms with Crippen LogP contribution in [0.25, 0.3) is 11.0 Å². The SMILES string of the molecule is C=CCCC(=O)N[C@H](C)[C@@H](OC(=O)[C@@H]1[C@H]2C(=O)N(CCCCCO)[C@H](C(=O)N(CC=C)Cn3nnc4ccccc43)[C@]23CC[C@H]1O3)c1ccccc1. The highest BCUT2D eigenvalue weighted by atomic mass is 16.6. The molecule has 3 aliphatic heterocycles.